The molecule has 1 nitrogen and oxygen atoms in total. The molecule has 0 aliphatic carbocycles. The molecule has 0 saturated heterocycles. The molecule has 1 atom stereocenters. The highest BCUT2D eigenvalue weighted by atomic mass is 19.2. The van der Waals surface area contributed by atoms with E-state index in [1.54, 1.807) is 0 Å². The molecule has 2 rings (SSSR count). The smallest absolute Gasteiger partial charge is 0.161 e. The number of aliphatic hydroxyl groups excluding tert-OH is 1. The van der Waals surface area contributed by atoms with Crippen LogP contribution in [0.4, 0.5) is 13.2 Å². The van der Waals surface area contributed by atoms with Crippen LogP contribution in [0.25, 0.3) is 0 Å². The molecule has 106 valence electrons. The average molecular weight is 280 g/mol. The maximum absolute atomic E-state index is 13.5. The molecule has 1 unspecified atom stereocenters. The van der Waals surface area contributed by atoms with Crippen LogP contribution in [0.2, 0.25) is 0 Å². The lowest BCUT2D eigenvalue weighted by Gasteiger charge is -2.12. The fourth-order valence-electron chi connectivity index (χ4n) is 2.09. The number of aryl methyl sites for hydroxylation is 1. The molecule has 0 heterocycles. The standard InChI is InChI=1S/C16H15F3O/c17-13-10-15(19)14(18)9-12(13)16(20)8-4-7-11-5-2-1-3-6-11/h1-3,5-6,9-10,16,20H,4,7-8H2. The number of hydrogen-bond donors (Lipinski definition) is 1. The summed E-state index contributed by atoms with van der Waals surface area (Å²) in [7, 11) is 0. The zero-order valence-corrected chi connectivity index (χ0v) is 10.8. The van der Waals surface area contributed by atoms with Gasteiger partial charge in [0.05, 0.1) is 6.10 Å². The van der Waals surface area contributed by atoms with E-state index in [4.69, 9.17) is 0 Å². The molecule has 0 bridgehead atoms. The van der Waals surface area contributed by atoms with Crippen molar-refractivity contribution in [3.05, 3.63) is 71.0 Å². The van der Waals surface area contributed by atoms with E-state index in [2.05, 4.69) is 0 Å². The summed E-state index contributed by atoms with van der Waals surface area (Å²) in [6, 6.07) is 10.9. The summed E-state index contributed by atoms with van der Waals surface area (Å²) in [5, 5.41) is 9.87. The summed E-state index contributed by atoms with van der Waals surface area (Å²) in [6.07, 6.45) is 0.526. The van der Waals surface area contributed by atoms with Crippen LogP contribution >= 0.6 is 0 Å². The van der Waals surface area contributed by atoms with Crippen molar-refractivity contribution in [3.8, 4) is 0 Å². The monoisotopic (exact) mass is 280 g/mol. The first kappa shape index (κ1) is 14.6. The summed E-state index contributed by atoms with van der Waals surface area (Å²) in [5.74, 6) is -3.32. The quantitative estimate of drug-likeness (QED) is 0.815. The van der Waals surface area contributed by atoms with Gasteiger partial charge in [-0.05, 0) is 30.9 Å². The van der Waals surface area contributed by atoms with E-state index >= 15 is 0 Å². The Morgan fingerprint density at radius 2 is 1.55 bits per heavy atom. The van der Waals surface area contributed by atoms with Gasteiger partial charge < -0.3 is 5.11 Å². The van der Waals surface area contributed by atoms with Crippen LogP contribution < -0.4 is 0 Å². The number of halogens is 3. The molecule has 0 radical (unpaired) electrons. The molecule has 20 heavy (non-hydrogen) atoms. The lowest BCUT2D eigenvalue weighted by Crippen LogP contribution is -2.03. The number of benzene rings is 2. The van der Waals surface area contributed by atoms with Crippen molar-refractivity contribution in [1.29, 1.82) is 0 Å². The van der Waals surface area contributed by atoms with Gasteiger partial charge in [-0.15, -0.1) is 0 Å². The maximum atomic E-state index is 13.5. The highest BCUT2D eigenvalue weighted by molar-refractivity contribution is 5.22. The van der Waals surface area contributed by atoms with Gasteiger partial charge in [0.2, 0.25) is 0 Å². The second kappa shape index (κ2) is 6.57. The van der Waals surface area contributed by atoms with Crippen LogP contribution in [0.3, 0.4) is 0 Å². The van der Waals surface area contributed by atoms with Crippen LogP contribution in [0, 0.1) is 17.5 Å². The largest absolute Gasteiger partial charge is 0.388 e. The Bertz CT molecular complexity index is 569. The Kier molecular flexibility index (Phi) is 4.79. The zero-order valence-electron chi connectivity index (χ0n) is 10.8. The number of aliphatic hydroxyl groups is 1. The van der Waals surface area contributed by atoms with E-state index in [9.17, 15) is 18.3 Å². The van der Waals surface area contributed by atoms with Gasteiger partial charge in [-0.1, -0.05) is 30.3 Å². The lowest BCUT2D eigenvalue weighted by atomic mass is 10.0. The lowest BCUT2D eigenvalue weighted by molar-refractivity contribution is 0.159. The number of rotatable bonds is 5. The first-order valence-corrected chi connectivity index (χ1v) is 6.44. The van der Waals surface area contributed by atoms with E-state index < -0.39 is 23.6 Å². The fourth-order valence-corrected chi connectivity index (χ4v) is 2.09. The summed E-state index contributed by atoms with van der Waals surface area (Å²) in [6.45, 7) is 0. The second-order valence-electron chi connectivity index (χ2n) is 4.68. The second-order valence-corrected chi connectivity index (χ2v) is 4.68. The highest BCUT2D eigenvalue weighted by Crippen LogP contribution is 2.24. The van der Waals surface area contributed by atoms with Crippen LogP contribution in [0.5, 0.6) is 0 Å². The SMILES string of the molecule is OC(CCCc1ccccc1)c1cc(F)c(F)cc1F. The molecule has 4 heteroatoms. The third-order valence-corrected chi connectivity index (χ3v) is 3.18. The van der Waals surface area contributed by atoms with E-state index in [-0.39, 0.29) is 12.0 Å². The van der Waals surface area contributed by atoms with Gasteiger partial charge in [0, 0.05) is 11.6 Å². The van der Waals surface area contributed by atoms with E-state index in [0.29, 0.717) is 12.5 Å². The third kappa shape index (κ3) is 3.61. The topological polar surface area (TPSA) is 20.2 Å². The van der Waals surface area contributed by atoms with Gasteiger partial charge in [-0.25, -0.2) is 13.2 Å². The predicted octanol–water partition coefficient (Wildman–Crippen LogP) is 4.16. The van der Waals surface area contributed by atoms with Crippen molar-refractivity contribution >= 4 is 0 Å². The van der Waals surface area contributed by atoms with Crippen molar-refractivity contribution in [2.24, 2.45) is 0 Å². The first-order chi connectivity index (χ1) is 9.58. The van der Waals surface area contributed by atoms with Gasteiger partial charge in [-0.2, -0.15) is 0 Å². The van der Waals surface area contributed by atoms with Gasteiger partial charge in [0.25, 0.3) is 0 Å². The minimum Gasteiger partial charge on any atom is -0.388 e. The van der Waals surface area contributed by atoms with Crippen LogP contribution in [-0.4, -0.2) is 5.11 Å². The maximum Gasteiger partial charge on any atom is 0.161 e. The highest BCUT2D eigenvalue weighted by Gasteiger charge is 2.16. The Labute approximate surface area is 115 Å². The Balaban J connectivity index is 1.95. The molecular weight excluding hydrogens is 265 g/mol. The van der Waals surface area contributed by atoms with E-state index in [0.717, 1.165) is 18.1 Å². The molecule has 0 amide bonds. The third-order valence-electron chi connectivity index (χ3n) is 3.18. The molecule has 0 saturated carbocycles. The number of hydrogen-bond acceptors (Lipinski definition) is 1. The molecule has 0 aromatic heterocycles. The van der Waals surface area contributed by atoms with Crippen molar-refractivity contribution in [1.82, 2.24) is 0 Å². The molecule has 0 fully saturated rings. The fraction of sp³-hybridized carbons (Fsp3) is 0.250. The van der Waals surface area contributed by atoms with Crippen LogP contribution in [0.15, 0.2) is 42.5 Å². The summed E-state index contributed by atoms with van der Waals surface area (Å²) in [5.41, 5.74) is 0.919. The van der Waals surface area contributed by atoms with Crippen LogP contribution in [-0.2, 0) is 6.42 Å². The molecule has 0 aliphatic heterocycles. The summed E-state index contributed by atoms with van der Waals surface area (Å²) >= 11 is 0. The minimum absolute atomic E-state index is 0.197. The Hall–Kier alpha value is -1.81. The molecular formula is C16H15F3O. The Morgan fingerprint density at radius 1 is 0.900 bits per heavy atom. The molecule has 2 aromatic carbocycles. The summed E-state index contributed by atoms with van der Waals surface area (Å²) in [4.78, 5) is 0. The summed E-state index contributed by atoms with van der Waals surface area (Å²) < 4.78 is 39.3. The van der Waals surface area contributed by atoms with E-state index in [1.165, 1.54) is 0 Å². The predicted molar refractivity (Wildman–Crippen MR) is 70.7 cm³/mol. The van der Waals surface area contributed by atoms with Crippen molar-refractivity contribution in [2.45, 2.75) is 25.4 Å². The van der Waals surface area contributed by atoms with Gasteiger partial charge in [0.15, 0.2) is 11.6 Å². The molecule has 1 N–H and O–H groups in total. The zero-order chi connectivity index (χ0) is 14.5. The van der Waals surface area contributed by atoms with Crippen molar-refractivity contribution < 1.29 is 18.3 Å². The molecule has 2 aromatic rings. The first-order valence-electron chi connectivity index (χ1n) is 6.44. The molecule has 0 spiro atoms. The minimum atomic E-state index is -1.25. The molecule has 0 aliphatic rings. The normalized spacial score (nSPS) is 12.4. The van der Waals surface area contributed by atoms with Gasteiger partial charge in [0.1, 0.15) is 5.82 Å². The van der Waals surface area contributed by atoms with E-state index in [1.807, 2.05) is 30.3 Å². The van der Waals surface area contributed by atoms with Crippen LogP contribution in [0.1, 0.15) is 30.1 Å². The average Bonchev–Trinajstić information content (AvgIpc) is 2.44. The van der Waals surface area contributed by atoms with Gasteiger partial charge >= 0.3 is 0 Å². The van der Waals surface area contributed by atoms with Gasteiger partial charge in [-0.3, -0.25) is 0 Å². The Morgan fingerprint density at radius 3 is 2.25 bits per heavy atom. The van der Waals surface area contributed by atoms with Crippen molar-refractivity contribution in [2.75, 3.05) is 0 Å². The van der Waals surface area contributed by atoms with Crippen molar-refractivity contribution in [3.63, 3.8) is 0 Å².